The minimum Gasteiger partial charge on any atom is -0.310 e. The highest BCUT2D eigenvalue weighted by Crippen LogP contribution is 2.19. The predicted octanol–water partition coefficient (Wildman–Crippen LogP) is 3.42. The number of rotatable bonds is 6. The van der Waals surface area contributed by atoms with Crippen molar-refractivity contribution in [3.05, 3.63) is 53.9 Å². The van der Waals surface area contributed by atoms with Crippen LogP contribution in [0.5, 0.6) is 0 Å². The van der Waals surface area contributed by atoms with Crippen LogP contribution in [0.1, 0.15) is 31.7 Å². The molecule has 2 aromatic rings. The number of benzene rings is 1. The Morgan fingerprint density at radius 1 is 1.35 bits per heavy atom. The Kier molecular flexibility index (Phi) is 3.97. The van der Waals surface area contributed by atoms with Crippen LogP contribution >= 0.6 is 0 Å². The van der Waals surface area contributed by atoms with Crippen LogP contribution in [-0.4, -0.2) is 22.4 Å². The highest BCUT2D eigenvalue weighted by Gasteiger charge is 2.20. The normalized spacial score (nSPS) is 15.6. The van der Waals surface area contributed by atoms with Crippen LogP contribution in [0.25, 0.3) is 11.8 Å². The van der Waals surface area contributed by atoms with E-state index in [0.29, 0.717) is 0 Å². The van der Waals surface area contributed by atoms with Crippen molar-refractivity contribution in [2.45, 2.75) is 32.2 Å². The lowest BCUT2D eigenvalue weighted by Gasteiger charge is -2.05. The summed E-state index contributed by atoms with van der Waals surface area (Å²) >= 11 is 0. The Hall–Kier alpha value is -1.87. The first-order valence-electron chi connectivity index (χ1n) is 7.38. The van der Waals surface area contributed by atoms with Crippen molar-refractivity contribution in [3.63, 3.8) is 0 Å². The molecule has 3 rings (SSSR count). The molecular weight excluding hydrogens is 246 g/mol. The van der Waals surface area contributed by atoms with E-state index in [1.165, 1.54) is 24.0 Å². The highest BCUT2D eigenvalue weighted by atomic mass is 15.3. The van der Waals surface area contributed by atoms with Crippen molar-refractivity contribution in [2.75, 3.05) is 6.54 Å². The van der Waals surface area contributed by atoms with E-state index in [2.05, 4.69) is 41.7 Å². The zero-order chi connectivity index (χ0) is 13.8. The Balaban J connectivity index is 1.71. The number of hydrogen-bond donors (Lipinski definition) is 1. The summed E-state index contributed by atoms with van der Waals surface area (Å²) in [6.45, 7) is 3.21. The number of nitrogens with zero attached hydrogens (tertiary/aromatic N) is 2. The summed E-state index contributed by atoms with van der Waals surface area (Å²) in [7, 11) is 0. The minimum absolute atomic E-state index is 0.761. The summed E-state index contributed by atoms with van der Waals surface area (Å²) in [5.74, 6) is 0. The summed E-state index contributed by atoms with van der Waals surface area (Å²) < 4.78 is 1.92. The third-order valence-electron chi connectivity index (χ3n) is 3.64. The van der Waals surface area contributed by atoms with Gasteiger partial charge in [0, 0.05) is 24.3 Å². The van der Waals surface area contributed by atoms with Gasteiger partial charge in [-0.25, -0.2) is 4.68 Å². The van der Waals surface area contributed by atoms with Crippen LogP contribution in [0.3, 0.4) is 0 Å². The average molecular weight is 267 g/mol. The van der Waals surface area contributed by atoms with Gasteiger partial charge in [-0.15, -0.1) is 0 Å². The standard InChI is InChI=1S/C17H21N3/c1-2-14(11-18-16-8-9-16)10-15-12-19-20(13-15)17-6-4-3-5-7-17/h3-7,10,12-13,16,18H,2,8-9,11H2,1H3. The fourth-order valence-electron chi connectivity index (χ4n) is 2.21. The molecule has 0 unspecified atom stereocenters. The lowest BCUT2D eigenvalue weighted by Crippen LogP contribution is -2.18. The van der Waals surface area contributed by atoms with Gasteiger partial charge in [-0.2, -0.15) is 5.10 Å². The molecule has 3 nitrogen and oxygen atoms in total. The summed E-state index contributed by atoms with van der Waals surface area (Å²) in [6.07, 6.45) is 10.0. The second-order valence-electron chi connectivity index (χ2n) is 5.37. The van der Waals surface area contributed by atoms with Gasteiger partial charge in [-0.05, 0) is 31.4 Å². The van der Waals surface area contributed by atoms with Crippen molar-refractivity contribution >= 4 is 6.08 Å². The molecule has 0 aliphatic heterocycles. The molecule has 1 aliphatic rings. The molecule has 0 bridgehead atoms. The van der Waals surface area contributed by atoms with Crippen LogP contribution in [0.4, 0.5) is 0 Å². The quantitative estimate of drug-likeness (QED) is 0.869. The summed E-state index contributed by atoms with van der Waals surface area (Å²) in [6, 6.07) is 11.0. The molecule has 1 aromatic carbocycles. The van der Waals surface area contributed by atoms with Crippen LogP contribution in [0.2, 0.25) is 0 Å². The SMILES string of the molecule is CCC(=Cc1cnn(-c2ccccc2)c1)CNC1CC1. The number of aromatic nitrogens is 2. The van der Waals surface area contributed by atoms with Gasteiger partial charge >= 0.3 is 0 Å². The molecule has 1 aliphatic carbocycles. The molecule has 1 saturated carbocycles. The van der Waals surface area contributed by atoms with Crippen LogP contribution in [-0.2, 0) is 0 Å². The second kappa shape index (κ2) is 6.06. The van der Waals surface area contributed by atoms with E-state index in [1.54, 1.807) is 0 Å². The first-order valence-corrected chi connectivity index (χ1v) is 7.38. The first-order chi connectivity index (χ1) is 9.85. The van der Waals surface area contributed by atoms with Gasteiger partial charge in [0.1, 0.15) is 0 Å². The Morgan fingerprint density at radius 3 is 2.85 bits per heavy atom. The van der Waals surface area contributed by atoms with Crippen LogP contribution < -0.4 is 5.32 Å². The zero-order valence-electron chi connectivity index (χ0n) is 11.9. The summed E-state index contributed by atoms with van der Waals surface area (Å²) in [5.41, 5.74) is 3.70. The van der Waals surface area contributed by atoms with Crippen molar-refractivity contribution < 1.29 is 0 Å². The molecule has 0 radical (unpaired) electrons. The van der Waals surface area contributed by atoms with Crippen molar-refractivity contribution in [1.82, 2.24) is 15.1 Å². The van der Waals surface area contributed by atoms with E-state index in [0.717, 1.165) is 24.7 Å². The molecule has 20 heavy (non-hydrogen) atoms. The lowest BCUT2D eigenvalue weighted by molar-refractivity contribution is 0.723. The second-order valence-corrected chi connectivity index (χ2v) is 5.37. The maximum atomic E-state index is 4.43. The third-order valence-corrected chi connectivity index (χ3v) is 3.64. The van der Waals surface area contributed by atoms with Crippen molar-refractivity contribution in [3.8, 4) is 5.69 Å². The topological polar surface area (TPSA) is 29.9 Å². The summed E-state index contributed by atoms with van der Waals surface area (Å²) in [4.78, 5) is 0. The Bertz CT molecular complexity index is 579. The van der Waals surface area contributed by atoms with Gasteiger partial charge in [0.05, 0.1) is 11.9 Å². The first kappa shape index (κ1) is 13.1. The van der Waals surface area contributed by atoms with E-state index >= 15 is 0 Å². The van der Waals surface area contributed by atoms with Crippen molar-refractivity contribution in [1.29, 1.82) is 0 Å². The fraction of sp³-hybridized carbons (Fsp3) is 0.353. The Morgan fingerprint density at radius 2 is 2.15 bits per heavy atom. The smallest absolute Gasteiger partial charge is 0.0645 e. The van der Waals surface area contributed by atoms with E-state index in [1.807, 2.05) is 29.1 Å². The number of hydrogen-bond acceptors (Lipinski definition) is 2. The van der Waals surface area contributed by atoms with E-state index in [-0.39, 0.29) is 0 Å². The fourth-order valence-corrected chi connectivity index (χ4v) is 2.21. The van der Waals surface area contributed by atoms with E-state index < -0.39 is 0 Å². The van der Waals surface area contributed by atoms with Gasteiger partial charge in [-0.3, -0.25) is 0 Å². The monoisotopic (exact) mass is 267 g/mol. The molecule has 1 N–H and O–H groups in total. The average Bonchev–Trinajstić information content (AvgIpc) is 3.21. The lowest BCUT2D eigenvalue weighted by atomic mass is 10.1. The molecule has 104 valence electrons. The van der Waals surface area contributed by atoms with E-state index in [4.69, 9.17) is 0 Å². The molecule has 0 spiro atoms. The number of para-hydroxylation sites is 1. The van der Waals surface area contributed by atoms with Gasteiger partial charge in [0.15, 0.2) is 0 Å². The molecule has 1 fully saturated rings. The molecule has 3 heteroatoms. The molecule has 1 heterocycles. The van der Waals surface area contributed by atoms with Gasteiger partial charge in [-0.1, -0.05) is 36.8 Å². The highest BCUT2D eigenvalue weighted by molar-refractivity contribution is 5.52. The maximum absolute atomic E-state index is 4.43. The zero-order valence-corrected chi connectivity index (χ0v) is 11.9. The van der Waals surface area contributed by atoms with Crippen LogP contribution in [0, 0.1) is 0 Å². The molecule has 1 aromatic heterocycles. The number of nitrogens with one attached hydrogen (secondary N) is 1. The van der Waals surface area contributed by atoms with Crippen molar-refractivity contribution in [2.24, 2.45) is 0 Å². The predicted molar refractivity (Wildman–Crippen MR) is 82.9 cm³/mol. The Labute approximate surface area is 120 Å². The molecular formula is C17H21N3. The molecule has 0 amide bonds. The largest absolute Gasteiger partial charge is 0.310 e. The third kappa shape index (κ3) is 3.36. The van der Waals surface area contributed by atoms with Gasteiger partial charge in [0.2, 0.25) is 0 Å². The van der Waals surface area contributed by atoms with Gasteiger partial charge < -0.3 is 5.32 Å². The summed E-state index contributed by atoms with van der Waals surface area (Å²) in [5, 5.41) is 8.00. The van der Waals surface area contributed by atoms with E-state index in [9.17, 15) is 0 Å². The minimum atomic E-state index is 0.761. The maximum Gasteiger partial charge on any atom is 0.0645 e. The van der Waals surface area contributed by atoms with Crippen LogP contribution in [0.15, 0.2) is 48.3 Å². The molecule has 0 saturated heterocycles. The van der Waals surface area contributed by atoms with Gasteiger partial charge in [0.25, 0.3) is 0 Å². The molecule has 0 atom stereocenters.